The molecule has 0 bridgehead atoms. The zero-order chi connectivity index (χ0) is 22.7. The van der Waals surface area contributed by atoms with Gasteiger partial charge >= 0.3 is 0 Å². The maximum atomic E-state index is 12.6. The highest BCUT2D eigenvalue weighted by Crippen LogP contribution is 2.36. The number of thioether (sulfide) groups is 1. The second kappa shape index (κ2) is 9.67. The summed E-state index contributed by atoms with van der Waals surface area (Å²) in [6.45, 7) is 2.40. The SMILES string of the molecule is Cc1ccc(CCC(=O)NCCN2C(=O)S/C(=C\c3ccc4c(c3)OCO4)C2=O)cc1Cl. The monoisotopic (exact) mass is 472 g/mol. The molecule has 2 aliphatic rings. The number of hydrogen-bond donors (Lipinski definition) is 1. The van der Waals surface area contributed by atoms with Crippen LogP contribution in [0.2, 0.25) is 5.02 Å². The molecule has 7 nitrogen and oxygen atoms in total. The second-order valence-corrected chi connectivity index (χ2v) is 8.78. The van der Waals surface area contributed by atoms with Gasteiger partial charge in [0.15, 0.2) is 11.5 Å². The Morgan fingerprint density at radius 3 is 2.81 bits per heavy atom. The van der Waals surface area contributed by atoms with Gasteiger partial charge in [-0.3, -0.25) is 19.3 Å². The van der Waals surface area contributed by atoms with E-state index in [1.807, 2.05) is 25.1 Å². The molecule has 3 amide bonds. The van der Waals surface area contributed by atoms with Crippen molar-refractivity contribution in [3.63, 3.8) is 0 Å². The Morgan fingerprint density at radius 2 is 2.00 bits per heavy atom. The number of rotatable bonds is 7. The van der Waals surface area contributed by atoms with Crippen molar-refractivity contribution >= 4 is 46.5 Å². The Hall–Kier alpha value is -2.97. The van der Waals surface area contributed by atoms with E-state index in [0.29, 0.717) is 34.3 Å². The highest BCUT2D eigenvalue weighted by molar-refractivity contribution is 8.18. The van der Waals surface area contributed by atoms with Crippen molar-refractivity contribution in [2.24, 2.45) is 0 Å². The lowest BCUT2D eigenvalue weighted by atomic mass is 10.1. The van der Waals surface area contributed by atoms with E-state index in [4.69, 9.17) is 21.1 Å². The zero-order valence-corrected chi connectivity index (χ0v) is 18.9. The van der Waals surface area contributed by atoms with Gasteiger partial charge in [-0.1, -0.05) is 29.8 Å². The molecule has 1 saturated heterocycles. The van der Waals surface area contributed by atoms with Gasteiger partial charge in [-0.05, 0) is 66.1 Å². The van der Waals surface area contributed by atoms with Gasteiger partial charge < -0.3 is 14.8 Å². The minimum atomic E-state index is -0.374. The predicted octanol–water partition coefficient (Wildman–Crippen LogP) is 4.16. The molecule has 0 unspecified atom stereocenters. The minimum Gasteiger partial charge on any atom is -0.454 e. The molecule has 0 aromatic heterocycles. The fourth-order valence-corrected chi connectivity index (χ4v) is 4.36. The lowest BCUT2D eigenvalue weighted by Crippen LogP contribution is -2.37. The fourth-order valence-electron chi connectivity index (χ4n) is 3.29. The molecule has 1 fully saturated rings. The number of amides is 3. The lowest BCUT2D eigenvalue weighted by Gasteiger charge is -2.13. The number of ether oxygens (including phenoxy) is 2. The average molecular weight is 473 g/mol. The number of benzene rings is 2. The molecule has 0 atom stereocenters. The zero-order valence-electron chi connectivity index (χ0n) is 17.4. The summed E-state index contributed by atoms with van der Waals surface area (Å²) in [7, 11) is 0. The summed E-state index contributed by atoms with van der Waals surface area (Å²) in [6.07, 6.45) is 2.51. The lowest BCUT2D eigenvalue weighted by molar-refractivity contribution is -0.124. The Bertz CT molecular complexity index is 1120. The average Bonchev–Trinajstić information content (AvgIpc) is 3.34. The summed E-state index contributed by atoms with van der Waals surface area (Å²) >= 11 is 6.99. The van der Waals surface area contributed by atoms with E-state index in [2.05, 4.69) is 5.32 Å². The van der Waals surface area contributed by atoms with Gasteiger partial charge in [0.2, 0.25) is 12.7 Å². The van der Waals surface area contributed by atoms with Crippen molar-refractivity contribution in [3.05, 3.63) is 63.0 Å². The summed E-state index contributed by atoms with van der Waals surface area (Å²) in [5.41, 5.74) is 2.71. The molecule has 9 heteroatoms. The molecular formula is C23H21ClN2O5S. The van der Waals surface area contributed by atoms with Gasteiger partial charge in [0.25, 0.3) is 11.1 Å². The molecule has 2 aliphatic heterocycles. The van der Waals surface area contributed by atoms with Gasteiger partial charge in [-0.2, -0.15) is 0 Å². The largest absolute Gasteiger partial charge is 0.454 e. The maximum absolute atomic E-state index is 12.6. The summed E-state index contributed by atoms with van der Waals surface area (Å²) in [6, 6.07) is 11.0. The first-order chi connectivity index (χ1) is 15.4. The molecule has 1 N–H and O–H groups in total. The van der Waals surface area contributed by atoms with E-state index in [0.717, 1.165) is 33.4 Å². The number of hydrogen-bond acceptors (Lipinski definition) is 6. The van der Waals surface area contributed by atoms with E-state index in [9.17, 15) is 14.4 Å². The van der Waals surface area contributed by atoms with Gasteiger partial charge in [-0.25, -0.2) is 0 Å². The molecular weight excluding hydrogens is 452 g/mol. The van der Waals surface area contributed by atoms with Crippen molar-refractivity contribution < 1.29 is 23.9 Å². The van der Waals surface area contributed by atoms with Crippen molar-refractivity contribution in [1.29, 1.82) is 0 Å². The van der Waals surface area contributed by atoms with E-state index in [-0.39, 0.29) is 36.9 Å². The number of carbonyl (C=O) groups excluding carboxylic acids is 3. The molecule has 2 aromatic carbocycles. The molecule has 2 heterocycles. The van der Waals surface area contributed by atoms with Crippen molar-refractivity contribution in [1.82, 2.24) is 10.2 Å². The van der Waals surface area contributed by atoms with Gasteiger partial charge in [-0.15, -0.1) is 0 Å². The molecule has 32 heavy (non-hydrogen) atoms. The third-order valence-corrected chi connectivity index (χ3v) is 6.42. The number of aryl methyl sites for hydroxylation is 2. The first-order valence-electron chi connectivity index (χ1n) is 10.1. The smallest absolute Gasteiger partial charge is 0.293 e. The number of nitrogens with one attached hydrogen (secondary N) is 1. The van der Waals surface area contributed by atoms with Gasteiger partial charge in [0.05, 0.1) is 4.91 Å². The van der Waals surface area contributed by atoms with Crippen LogP contribution < -0.4 is 14.8 Å². The summed E-state index contributed by atoms with van der Waals surface area (Å²) in [5, 5.41) is 3.08. The van der Waals surface area contributed by atoms with Crippen LogP contribution in [0.25, 0.3) is 6.08 Å². The third kappa shape index (κ3) is 5.08. The predicted molar refractivity (Wildman–Crippen MR) is 123 cm³/mol. The van der Waals surface area contributed by atoms with Crippen LogP contribution in [-0.2, 0) is 16.0 Å². The van der Waals surface area contributed by atoms with Crippen LogP contribution in [0.15, 0.2) is 41.3 Å². The number of halogens is 1. The number of nitrogens with zero attached hydrogens (tertiary/aromatic N) is 1. The quantitative estimate of drug-likeness (QED) is 0.609. The first-order valence-corrected chi connectivity index (χ1v) is 11.3. The topological polar surface area (TPSA) is 84.9 Å². The van der Waals surface area contributed by atoms with Crippen LogP contribution >= 0.6 is 23.4 Å². The second-order valence-electron chi connectivity index (χ2n) is 7.38. The Morgan fingerprint density at radius 1 is 1.19 bits per heavy atom. The number of carbonyl (C=O) groups is 3. The van der Waals surface area contributed by atoms with Crippen LogP contribution in [-0.4, -0.2) is 41.8 Å². The van der Waals surface area contributed by atoms with E-state index in [1.165, 1.54) is 0 Å². The molecule has 0 spiro atoms. The van der Waals surface area contributed by atoms with Crippen molar-refractivity contribution in [2.75, 3.05) is 19.9 Å². The fraction of sp³-hybridized carbons (Fsp3) is 0.261. The van der Waals surface area contributed by atoms with Crippen LogP contribution in [0.5, 0.6) is 11.5 Å². The molecule has 0 aliphatic carbocycles. The molecule has 166 valence electrons. The highest BCUT2D eigenvalue weighted by atomic mass is 35.5. The van der Waals surface area contributed by atoms with E-state index < -0.39 is 0 Å². The van der Waals surface area contributed by atoms with Crippen molar-refractivity contribution in [2.45, 2.75) is 19.8 Å². The third-order valence-electron chi connectivity index (χ3n) is 5.10. The van der Waals surface area contributed by atoms with Crippen LogP contribution in [0, 0.1) is 6.92 Å². The summed E-state index contributed by atoms with van der Waals surface area (Å²) < 4.78 is 10.6. The standard InChI is InChI=1S/C23H21ClN2O5S/c1-14-2-3-15(10-17(14)24)5-7-21(27)25-8-9-26-22(28)20(32-23(26)29)12-16-4-6-18-19(11-16)31-13-30-18/h2-4,6,10-12H,5,7-9,13H2,1H3,(H,25,27)/b20-12-. The Labute approximate surface area is 194 Å². The van der Waals surface area contributed by atoms with Crippen LogP contribution in [0.4, 0.5) is 4.79 Å². The highest BCUT2D eigenvalue weighted by Gasteiger charge is 2.34. The van der Waals surface area contributed by atoms with Crippen molar-refractivity contribution in [3.8, 4) is 11.5 Å². The van der Waals surface area contributed by atoms with E-state index >= 15 is 0 Å². The Kier molecular flexibility index (Phi) is 6.72. The molecule has 2 aromatic rings. The minimum absolute atomic E-state index is 0.116. The number of fused-ring (bicyclic) bond motifs is 1. The molecule has 0 radical (unpaired) electrons. The van der Waals surface area contributed by atoms with Gasteiger partial charge in [0, 0.05) is 24.5 Å². The van der Waals surface area contributed by atoms with Crippen LogP contribution in [0.1, 0.15) is 23.1 Å². The summed E-state index contributed by atoms with van der Waals surface area (Å²) in [4.78, 5) is 38.5. The maximum Gasteiger partial charge on any atom is 0.293 e. The van der Waals surface area contributed by atoms with Gasteiger partial charge in [0.1, 0.15) is 0 Å². The van der Waals surface area contributed by atoms with E-state index in [1.54, 1.807) is 24.3 Å². The molecule has 0 saturated carbocycles. The summed E-state index contributed by atoms with van der Waals surface area (Å²) in [5.74, 6) is 0.732. The number of imide groups is 1. The Balaban J connectivity index is 1.27. The normalized spacial score (nSPS) is 16.2. The first kappa shape index (κ1) is 22.2. The van der Waals surface area contributed by atoms with Crippen LogP contribution in [0.3, 0.4) is 0 Å². The molecule has 4 rings (SSSR count).